The summed E-state index contributed by atoms with van der Waals surface area (Å²) in [5.74, 6) is -1.51. The molecule has 0 saturated carbocycles. The second-order valence-corrected chi connectivity index (χ2v) is 12.5. The lowest BCUT2D eigenvalue weighted by atomic mass is 9.97. The van der Waals surface area contributed by atoms with Crippen molar-refractivity contribution < 1.29 is 41.1 Å². The van der Waals surface area contributed by atoms with Gasteiger partial charge in [-0.3, -0.25) is 9.78 Å². The lowest BCUT2D eigenvalue weighted by Gasteiger charge is -2.26. The van der Waals surface area contributed by atoms with Gasteiger partial charge in [0, 0.05) is 46.0 Å². The normalized spacial score (nSPS) is 23.0. The molecular weight excluding hydrogens is 591 g/mol. The van der Waals surface area contributed by atoms with Crippen molar-refractivity contribution in [2.24, 2.45) is 0 Å². The molecule has 0 spiro atoms. The number of hydrogen-bond acceptors (Lipinski definition) is 7. The molecule has 0 radical (unpaired) electrons. The van der Waals surface area contributed by atoms with Crippen LogP contribution in [0.15, 0.2) is 42.6 Å². The van der Waals surface area contributed by atoms with Crippen LogP contribution in [0.4, 0.5) is 18.0 Å². The summed E-state index contributed by atoms with van der Waals surface area (Å²) in [6.07, 6.45) is 0.734. The number of pyridine rings is 1. The van der Waals surface area contributed by atoms with E-state index < -0.39 is 54.6 Å². The van der Waals surface area contributed by atoms with E-state index >= 15 is 4.39 Å². The molecule has 7 rings (SSSR count). The number of nitrogens with one attached hydrogen (secondary N) is 1. The van der Waals surface area contributed by atoms with Crippen molar-refractivity contribution in [3.05, 3.63) is 71.1 Å². The molecule has 0 aliphatic carbocycles. The minimum atomic E-state index is -3.23. The van der Waals surface area contributed by atoms with E-state index in [1.54, 1.807) is 39.8 Å². The molecule has 1 N–H and O–H groups in total. The number of halogens is 3. The number of fused-ring (bicyclic) bond motifs is 10. The van der Waals surface area contributed by atoms with Crippen LogP contribution in [-0.2, 0) is 10.3 Å². The number of nitrogens with zero attached hydrogens (tertiary/aromatic N) is 4. The molecule has 2 aromatic heterocycles. The SMILES string of the molecule is [2H]C([2H])([2H])N1C(=O)c2cccc(OC(F)F)c2[C@H]2C[C@@H]1c1nc3ccc(-c4cnc5c(c4)OCC5(C)NC(=O)OC(C)(C)C)c(F)c3n12. The molecule has 2 bridgehead atoms. The minimum Gasteiger partial charge on any atom is -0.489 e. The smallest absolute Gasteiger partial charge is 0.408 e. The number of alkyl carbamates (subject to hydrolysis) is 1. The van der Waals surface area contributed by atoms with Gasteiger partial charge in [-0.1, -0.05) is 6.07 Å². The molecule has 234 valence electrons. The maximum atomic E-state index is 16.8. The molecule has 13 heteroatoms. The van der Waals surface area contributed by atoms with Crippen molar-refractivity contribution in [2.45, 2.75) is 64.0 Å². The zero-order valence-corrected chi connectivity index (χ0v) is 24.7. The fourth-order valence-electron chi connectivity index (χ4n) is 6.40. The highest BCUT2D eigenvalue weighted by Gasteiger charge is 2.46. The number of hydrogen-bond donors (Lipinski definition) is 1. The number of carbonyl (C=O) groups is 2. The Morgan fingerprint density at radius 3 is 2.76 bits per heavy atom. The molecular formula is C32H30F3N5O5. The van der Waals surface area contributed by atoms with Crippen LogP contribution < -0.4 is 14.8 Å². The van der Waals surface area contributed by atoms with Gasteiger partial charge >= 0.3 is 12.7 Å². The second kappa shape index (κ2) is 9.85. The Labute approximate surface area is 260 Å². The first kappa shape index (κ1) is 25.5. The molecule has 3 aliphatic rings. The quantitative estimate of drug-likeness (QED) is 0.293. The summed E-state index contributed by atoms with van der Waals surface area (Å²) >= 11 is 0. The summed E-state index contributed by atoms with van der Waals surface area (Å²) in [7, 11) is 0. The first-order valence-corrected chi connectivity index (χ1v) is 14.2. The molecule has 5 heterocycles. The monoisotopic (exact) mass is 624 g/mol. The third kappa shape index (κ3) is 4.55. The number of ether oxygens (including phenoxy) is 3. The molecule has 2 aromatic carbocycles. The average Bonchev–Trinajstić information content (AvgIpc) is 3.59. The third-order valence-corrected chi connectivity index (χ3v) is 8.23. The van der Waals surface area contributed by atoms with E-state index in [1.807, 2.05) is 0 Å². The number of carbonyl (C=O) groups excluding carboxylic acids is 2. The molecule has 45 heavy (non-hydrogen) atoms. The second-order valence-electron chi connectivity index (χ2n) is 12.5. The number of imidazole rings is 1. The highest BCUT2D eigenvalue weighted by atomic mass is 19.3. The van der Waals surface area contributed by atoms with Crippen molar-refractivity contribution in [1.29, 1.82) is 0 Å². The van der Waals surface area contributed by atoms with Crippen LogP contribution in [0.1, 0.15) is 77.8 Å². The number of benzene rings is 2. The predicted molar refractivity (Wildman–Crippen MR) is 156 cm³/mol. The van der Waals surface area contributed by atoms with Crippen LogP contribution in [0.3, 0.4) is 0 Å². The van der Waals surface area contributed by atoms with Gasteiger partial charge in [-0.25, -0.2) is 14.2 Å². The zero-order chi connectivity index (χ0) is 34.5. The molecule has 10 nitrogen and oxygen atoms in total. The van der Waals surface area contributed by atoms with Gasteiger partial charge in [-0.15, -0.1) is 0 Å². The Hall–Kier alpha value is -4.81. The van der Waals surface area contributed by atoms with E-state index in [0.717, 1.165) is 0 Å². The average molecular weight is 625 g/mol. The molecule has 0 saturated heterocycles. The van der Waals surface area contributed by atoms with Crippen molar-refractivity contribution >= 4 is 23.0 Å². The highest BCUT2D eigenvalue weighted by Crippen LogP contribution is 2.51. The van der Waals surface area contributed by atoms with Gasteiger partial charge in [0.05, 0.1) is 17.6 Å². The maximum Gasteiger partial charge on any atom is 0.408 e. The van der Waals surface area contributed by atoms with Crippen LogP contribution in [0.2, 0.25) is 0 Å². The topological polar surface area (TPSA) is 108 Å². The van der Waals surface area contributed by atoms with Crippen molar-refractivity contribution in [1.82, 2.24) is 24.8 Å². The Morgan fingerprint density at radius 1 is 1.22 bits per heavy atom. The van der Waals surface area contributed by atoms with E-state index in [9.17, 15) is 18.4 Å². The van der Waals surface area contributed by atoms with Gasteiger partial charge in [-0.2, -0.15) is 8.78 Å². The lowest BCUT2D eigenvalue weighted by molar-refractivity contribution is -0.0507. The van der Waals surface area contributed by atoms with Gasteiger partial charge in [0.1, 0.15) is 46.3 Å². The Kier molecular flexibility index (Phi) is 5.58. The van der Waals surface area contributed by atoms with Crippen molar-refractivity contribution in [3.8, 4) is 22.6 Å². The van der Waals surface area contributed by atoms with E-state index in [-0.39, 0.29) is 52.3 Å². The lowest BCUT2D eigenvalue weighted by Crippen LogP contribution is -2.47. The van der Waals surface area contributed by atoms with E-state index in [4.69, 9.17) is 18.3 Å². The number of alkyl halides is 2. The summed E-state index contributed by atoms with van der Waals surface area (Å²) in [5, 5.41) is 2.80. The summed E-state index contributed by atoms with van der Waals surface area (Å²) in [4.78, 5) is 36.0. The Bertz CT molecular complexity index is 2010. The first-order valence-electron chi connectivity index (χ1n) is 15.7. The summed E-state index contributed by atoms with van der Waals surface area (Å²) in [5.41, 5.74) is -0.815. The van der Waals surface area contributed by atoms with E-state index in [2.05, 4.69) is 15.3 Å². The fourth-order valence-corrected chi connectivity index (χ4v) is 6.40. The Morgan fingerprint density at radius 2 is 2.02 bits per heavy atom. The molecule has 0 fully saturated rings. The third-order valence-electron chi connectivity index (χ3n) is 8.23. The number of rotatable bonds is 4. The Balaban J connectivity index is 1.34. The van der Waals surface area contributed by atoms with Crippen molar-refractivity contribution in [3.63, 3.8) is 0 Å². The predicted octanol–water partition coefficient (Wildman–Crippen LogP) is 6.09. The zero-order valence-electron chi connectivity index (χ0n) is 27.7. The van der Waals surface area contributed by atoms with Crippen LogP contribution in [0.5, 0.6) is 11.5 Å². The molecule has 3 atom stereocenters. The number of amides is 2. The van der Waals surface area contributed by atoms with Gasteiger partial charge in [-0.05, 0) is 58.0 Å². The summed E-state index contributed by atoms with van der Waals surface area (Å²) in [6, 6.07) is 6.51. The molecule has 1 unspecified atom stereocenters. The summed E-state index contributed by atoms with van der Waals surface area (Å²) < 4.78 is 85.9. The number of aromatic nitrogens is 3. The van der Waals surface area contributed by atoms with Gasteiger partial charge < -0.3 is 29.0 Å². The van der Waals surface area contributed by atoms with E-state index in [1.165, 1.54) is 35.0 Å². The minimum absolute atomic E-state index is 0.00881. The summed E-state index contributed by atoms with van der Waals surface area (Å²) in [6.45, 7) is 0.858. The van der Waals surface area contributed by atoms with Crippen LogP contribution in [-0.4, -0.2) is 57.2 Å². The highest BCUT2D eigenvalue weighted by molar-refractivity contribution is 5.98. The van der Waals surface area contributed by atoms with Gasteiger partial charge in [0.15, 0.2) is 5.82 Å². The van der Waals surface area contributed by atoms with E-state index in [0.29, 0.717) is 21.9 Å². The molecule has 3 aliphatic heterocycles. The molecule has 2 amide bonds. The van der Waals surface area contributed by atoms with Crippen molar-refractivity contribution in [2.75, 3.05) is 13.6 Å². The van der Waals surface area contributed by atoms with Crippen LogP contribution in [0.25, 0.3) is 22.2 Å². The fraction of sp³-hybridized carbons (Fsp3) is 0.375. The first-order chi connectivity index (χ1) is 22.5. The largest absolute Gasteiger partial charge is 0.489 e. The maximum absolute atomic E-state index is 16.8. The van der Waals surface area contributed by atoms with Gasteiger partial charge in [0.2, 0.25) is 0 Å². The van der Waals surface area contributed by atoms with Gasteiger partial charge in [0.25, 0.3) is 5.91 Å². The standard InChI is InChI=1S/C32H30F3N5O5/c1-31(2,3)45-30(42)38-32(4)14-43-22-11-15(13-36-26(22)32)16-9-10-18-25(24(16)33)40-19-12-20(27(40)37-18)39(5)28(41)17-7-6-8-21(23(17)19)44-29(34)35/h6-11,13,19-20,29H,12,14H2,1-5H3,(H,38,42)/t19-,20-,32?/m1/s1/i5D3. The van der Waals surface area contributed by atoms with Crippen LogP contribution in [0, 0.1) is 5.82 Å². The van der Waals surface area contributed by atoms with Crippen LogP contribution >= 0.6 is 0 Å². The molecule has 4 aromatic rings.